The molecule has 0 aromatic carbocycles. The number of hydrogen-bond acceptors (Lipinski definition) is 3. The summed E-state index contributed by atoms with van der Waals surface area (Å²) in [6.45, 7) is 8.78. The van der Waals surface area contributed by atoms with Gasteiger partial charge in [0.2, 0.25) is 0 Å². The molecule has 1 unspecified atom stereocenters. The van der Waals surface area contributed by atoms with Gasteiger partial charge in [-0.2, -0.15) is 0 Å². The molecule has 1 saturated heterocycles. The van der Waals surface area contributed by atoms with Crippen molar-refractivity contribution in [3.8, 4) is 0 Å². The van der Waals surface area contributed by atoms with Crippen molar-refractivity contribution in [3.05, 3.63) is 23.6 Å². The first kappa shape index (κ1) is 16.2. The van der Waals surface area contributed by atoms with Crippen molar-refractivity contribution in [2.24, 2.45) is 5.92 Å². The Morgan fingerprint density at radius 1 is 1.38 bits per heavy atom. The Bertz CT molecular complexity index is 448. The number of nitrogens with zero attached hydrogens (tertiary/aromatic N) is 2. The number of aromatic nitrogens is 1. The Hall–Kier alpha value is -1.16. The topological polar surface area (TPSA) is 28.2 Å². The van der Waals surface area contributed by atoms with Crippen molar-refractivity contribution in [1.29, 1.82) is 0 Å². The molecule has 2 rings (SSSR count). The van der Waals surface area contributed by atoms with Gasteiger partial charge >= 0.3 is 0 Å². The Morgan fingerprint density at radius 2 is 2.19 bits per heavy atom. The normalized spacial score (nSPS) is 19.9. The molecule has 0 radical (unpaired) electrons. The first-order valence-corrected chi connectivity index (χ1v) is 8.23. The van der Waals surface area contributed by atoms with Crippen LogP contribution in [0.25, 0.3) is 0 Å². The molecule has 1 aliphatic heterocycles. The van der Waals surface area contributed by atoms with Gasteiger partial charge in [0.05, 0.1) is 0 Å². The van der Waals surface area contributed by atoms with Crippen LogP contribution in [0.2, 0.25) is 0 Å². The lowest BCUT2D eigenvalue weighted by Crippen LogP contribution is -2.28. The van der Waals surface area contributed by atoms with E-state index < -0.39 is 0 Å². The summed E-state index contributed by atoms with van der Waals surface area (Å²) in [6, 6.07) is 2.13. The summed E-state index contributed by atoms with van der Waals surface area (Å²) in [6.07, 6.45) is 6.49. The molecule has 1 aromatic rings. The van der Waals surface area contributed by atoms with E-state index in [1.54, 1.807) is 12.3 Å². The van der Waals surface area contributed by atoms with Crippen molar-refractivity contribution in [1.82, 2.24) is 10.3 Å². The van der Waals surface area contributed by atoms with Gasteiger partial charge in [-0.05, 0) is 31.2 Å². The summed E-state index contributed by atoms with van der Waals surface area (Å²) in [5.74, 6) is 1.17. The molecule has 0 spiro atoms. The lowest BCUT2D eigenvalue weighted by molar-refractivity contribution is 0.459. The quantitative estimate of drug-likeness (QED) is 0.896. The maximum atomic E-state index is 14.7. The van der Waals surface area contributed by atoms with Gasteiger partial charge in [0.15, 0.2) is 11.6 Å². The Balaban J connectivity index is 2.10. The minimum Gasteiger partial charge on any atom is -0.354 e. The highest BCUT2D eigenvalue weighted by Gasteiger charge is 2.20. The summed E-state index contributed by atoms with van der Waals surface area (Å²) in [4.78, 5) is 6.43. The molecule has 21 heavy (non-hydrogen) atoms. The van der Waals surface area contributed by atoms with Gasteiger partial charge in [0.1, 0.15) is 0 Å². The number of nitrogens with one attached hydrogen (secondary N) is 1. The Labute approximate surface area is 127 Å². The average Bonchev–Trinajstić information content (AvgIpc) is 2.71. The van der Waals surface area contributed by atoms with Gasteiger partial charge in [0.25, 0.3) is 0 Å². The Kier molecular flexibility index (Phi) is 5.97. The minimum absolute atomic E-state index is 0.152. The van der Waals surface area contributed by atoms with Crippen molar-refractivity contribution in [2.75, 3.05) is 18.0 Å². The average molecular weight is 293 g/mol. The largest absolute Gasteiger partial charge is 0.354 e. The zero-order chi connectivity index (χ0) is 15.2. The molecule has 0 aliphatic carbocycles. The van der Waals surface area contributed by atoms with Gasteiger partial charge in [0, 0.05) is 37.4 Å². The highest BCUT2D eigenvalue weighted by molar-refractivity contribution is 5.43. The van der Waals surface area contributed by atoms with Crippen molar-refractivity contribution in [3.63, 3.8) is 0 Å². The van der Waals surface area contributed by atoms with Crippen molar-refractivity contribution in [2.45, 2.75) is 59.0 Å². The van der Waals surface area contributed by atoms with Crippen LogP contribution in [0.15, 0.2) is 12.3 Å². The van der Waals surface area contributed by atoms with Crippen molar-refractivity contribution < 1.29 is 4.39 Å². The Morgan fingerprint density at radius 3 is 2.90 bits per heavy atom. The standard InChI is InChI=1S/C17H28FN3/c1-4-14-6-5-10-21(11-8-14)17-16(18)15(7-9-19-17)12-20-13(2)3/h7,9,13-14,20H,4-6,8,10-12H2,1-3H3. The molecule has 3 nitrogen and oxygen atoms in total. The molecule has 1 atom stereocenters. The van der Waals surface area contributed by atoms with Crippen LogP contribution in [0.4, 0.5) is 10.2 Å². The highest BCUT2D eigenvalue weighted by atomic mass is 19.1. The summed E-state index contributed by atoms with van der Waals surface area (Å²) in [5.41, 5.74) is 0.713. The molecule has 1 aliphatic rings. The van der Waals surface area contributed by atoms with Crippen LogP contribution < -0.4 is 10.2 Å². The third-order valence-corrected chi connectivity index (χ3v) is 4.38. The van der Waals surface area contributed by atoms with Crippen LogP contribution in [0, 0.1) is 11.7 Å². The number of halogens is 1. The summed E-state index contributed by atoms with van der Waals surface area (Å²) in [5, 5.41) is 3.27. The van der Waals surface area contributed by atoms with Crippen molar-refractivity contribution >= 4 is 5.82 Å². The van der Waals surface area contributed by atoms with Crippen LogP contribution in [0.3, 0.4) is 0 Å². The lowest BCUT2D eigenvalue weighted by Gasteiger charge is -2.23. The zero-order valence-corrected chi connectivity index (χ0v) is 13.5. The van der Waals surface area contributed by atoms with Crippen LogP contribution >= 0.6 is 0 Å². The maximum Gasteiger partial charge on any atom is 0.170 e. The fraction of sp³-hybridized carbons (Fsp3) is 0.706. The van der Waals surface area contributed by atoms with Crippen LogP contribution in [-0.2, 0) is 6.54 Å². The summed E-state index contributed by atoms with van der Waals surface area (Å²) < 4.78 is 14.7. The van der Waals surface area contributed by atoms with Gasteiger partial charge in [-0.15, -0.1) is 0 Å². The van der Waals surface area contributed by atoms with E-state index in [-0.39, 0.29) is 5.82 Å². The van der Waals surface area contributed by atoms with E-state index in [9.17, 15) is 4.39 Å². The molecular formula is C17H28FN3. The minimum atomic E-state index is -0.152. The van der Waals surface area contributed by atoms with E-state index in [0.717, 1.165) is 31.8 Å². The molecule has 1 N–H and O–H groups in total. The SMILES string of the molecule is CCC1CCCN(c2nccc(CNC(C)C)c2F)CC1. The second kappa shape index (κ2) is 7.74. The molecule has 2 heterocycles. The third kappa shape index (κ3) is 4.40. The fourth-order valence-corrected chi connectivity index (χ4v) is 2.93. The first-order valence-electron chi connectivity index (χ1n) is 8.23. The predicted molar refractivity (Wildman–Crippen MR) is 86.0 cm³/mol. The van der Waals surface area contributed by atoms with E-state index in [1.165, 1.54) is 12.8 Å². The van der Waals surface area contributed by atoms with E-state index in [4.69, 9.17) is 0 Å². The van der Waals surface area contributed by atoms with Gasteiger partial charge in [-0.3, -0.25) is 0 Å². The third-order valence-electron chi connectivity index (χ3n) is 4.38. The molecule has 118 valence electrons. The molecule has 1 fully saturated rings. The van der Waals surface area contributed by atoms with E-state index in [0.29, 0.717) is 24.0 Å². The van der Waals surface area contributed by atoms with Gasteiger partial charge in [-0.1, -0.05) is 27.2 Å². The highest BCUT2D eigenvalue weighted by Crippen LogP contribution is 2.26. The molecular weight excluding hydrogens is 265 g/mol. The molecule has 0 amide bonds. The fourth-order valence-electron chi connectivity index (χ4n) is 2.93. The van der Waals surface area contributed by atoms with E-state index in [2.05, 4.69) is 36.0 Å². The van der Waals surface area contributed by atoms with Gasteiger partial charge in [-0.25, -0.2) is 9.37 Å². The van der Waals surface area contributed by atoms with Crippen LogP contribution in [0.5, 0.6) is 0 Å². The van der Waals surface area contributed by atoms with Crippen LogP contribution in [0.1, 0.15) is 52.0 Å². The number of hydrogen-bond donors (Lipinski definition) is 1. The predicted octanol–water partition coefficient (Wildman–Crippen LogP) is 3.74. The monoisotopic (exact) mass is 293 g/mol. The van der Waals surface area contributed by atoms with Gasteiger partial charge < -0.3 is 10.2 Å². The molecule has 0 saturated carbocycles. The number of anilines is 1. The molecule has 0 bridgehead atoms. The number of rotatable bonds is 5. The summed E-state index contributed by atoms with van der Waals surface area (Å²) >= 11 is 0. The van der Waals surface area contributed by atoms with E-state index >= 15 is 0 Å². The zero-order valence-electron chi connectivity index (χ0n) is 13.5. The lowest BCUT2D eigenvalue weighted by atomic mass is 9.98. The van der Waals surface area contributed by atoms with Crippen LogP contribution in [-0.4, -0.2) is 24.1 Å². The first-order chi connectivity index (χ1) is 10.1. The second-order valence-corrected chi connectivity index (χ2v) is 6.34. The van der Waals surface area contributed by atoms with E-state index in [1.807, 2.05) is 0 Å². The second-order valence-electron chi connectivity index (χ2n) is 6.34. The summed E-state index contributed by atoms with van der Waals surface area (Å²) in [7, 11) is 0. The molecule has 4 heteroatoms. The smallest absolute Gasteiger partial charge is 0.170 e. The maximum absolute atomic E-state index is 14.7. The number of pyridine rings is 1. The molecule has 1 aromatic heterocycles.